The number of morpholine rings is 1. The Hall–Kier alpha value is -1.18. The van der Waals surface area contributed by atoms with Gasteiger partial charge in [0.15, 0.2) is 0 Å². The number of nitrogens with two attached hydrogens (primary N) is 1. The van der Waals surface area contributed by atoms with E-state index in [1.165, 1.54) is 0 Å². The zero-order chi connectivity index (χ0) is 15.7. The maximum atomic E-state index is 12.2. The summed E-state index contributed by atoms with van der Waals surface area (Å²) in [6.45, 7) is 9.21. The van der Waals surface area contributed by atoms with Crippen molar-refractivity contribution in [3.63, 3.8) is 0 Å². The number of amides is 2. The molecule has 2 amide bonds. The lowest BCUT2D eigenvalue weighted by atomic mass is 10.2. The Balaban J connectivity index is 2.27. The van der Waals surface area contributed by atoms with Gasteiger partial charge in [-0.2, -0.15) is 0 Å². The first-order valence-corrected chi connectivity index (χ1v) is 7.63. The number of carbonyl (C=O) groups excluding carboxylic acids is 2. The van der Waals surface area contributed by atoms with Gasteiger partial charge < -0.3 is 20.7 Å². The molecule has 1 rings (SSSR count). The molecule has 1 fully saturated rings. The summed E-state index contributed by atoms with van der Waals surface area (Å²) < 4.78 is 5.28. The Labute approximate surface area is 126 Å². The Kier molecular flexibility index (Phi) is 8.26. The molecule has 3 N–H and O–H groups in total. The van der Waals surface area contributed by atoms with Gasteiger partial charge in [0.1, 0.15) is 0 Å². The first kappa shape index (κ1) is 17.9. The highest BCUT2D eigenvalue weighted by Gasteiger charge is 2.20. The van der Waals surface area contributed by atoms with Gasteiger partial charge in [-0.1, -0.05) is 6.92 Å². The van der Waals surface area contributed by atoms with E-state index in [-0.39, 0.29) is 25.0 Å². The van der Waals surface area contributed by atoms with Crippen molar-refractivity contribution in [3.8, 4) is 0 Å². The molecular formula is C14H28N4O3. The predicted molar refractivity (Wildman–Crippen MR) is 80.8 cm³/mol. The second-order valence-corrected chi connectivity index (χ2v) is 5.38. The molecule has 0 spiro atoms. The standard InChI is InChI=1S/C14H28N4O3/c1-3-12(2)18(11-13(15)19)14(20)10-16-4-5-17-6-8-21-9-7-17/h12,16H,3-11H2,1-2H3,(H2,15,19). The lowest BCUT2D eigenvalue weighted by molar-refractivity contribution is -0.136. The van der Waals surface area contributed by atoms with E-state index >= 15 is 0 Å². The molecule has 21 heavy (non-hydrogen) atoms. The summed E-state index contributed by atoms with van der Waals surface area (Å²) in [6.07, 6.45) is 0.798. The number of ether oxygens (including phenoxy) is 1. The molecular weight excluding hydrogens is 272 g/mol. The lowest BCUT2D eigenvalue weighted by Gasteiger charge is -2.28. The van der Waals surface area contributed by atoms with Crippen molar-refractivity contribution < 1.29 is 14.3 Å². The Morgan fingerprint density at radius 1 is 1.38 bits per heavy atom. The highest BCUT2D eigenvalue weighted by Crippen LogP contribution is 2.03. The summed E-state index contributed by atoms with van der Waals surface area (Å²) in [6, 6.07) is 0.0195. The van der Waals surface area contributed by atoms with Crippen LogP contribution in [0.25, 0.3) is 0 Å². The minimum atomic E-state index is -0.475. The zero-order valence-electron chi connectivity index (χ0n) is 13.1. The normalized spacial score (nSPS) is 17.4. The number of hydrogen-bond donors (Lipinski definition) is 2. The molecule has 1 heterocycles. The molecule has 1 aliphatic heterocycles. The van der Waals surface area contributed by atoms with E-state index in [1.807, 2.05) is 13.8 Å². The van der Waals surface area contributed by atoms with Gasteiger partial charge in [-0.3, -0.25) is 14.5 Å². The summed E-state index contributed by atoms with van der Waals surface area (Å²) in [7, 11) is 0. The first-order valence-electron chi connectivity index (χ1n) is 7.63. The van der Waals surface area contributed by atoms with Gasteiger partial charge in [-0.05, 0) is 13.3 Å². The molecule has 0 bridgehead atoms. The van der Waals surface area contributed by atoms with Gasteiger partial charge in [0, 0.05) is 32.2 Å². The molecule has 1 atom stereocenters. The van der Waals surface area contributed by atoms with Crippen molar-refractivity contribution in [1.82, 2.24) is 15.1 Å². The highest BCUT2D eigenvalue weighted by atomic mass is 16.5. The molecule has 7 heteroatoms. The summed E-state index contributed by atoms with van der Waals surface area (Å²) in [5.74, 6) is -0.554. The predicted octanol–water partition coefficient (Wildman–Crippen LogP) is -0.979. The van der Waals surface area contributed by atoms with Crippen molar-refractivity contribution in [2.75, 3.05) is 52.5 Å². The van der Waals surface area contributed by atoms with Gasteiger partial charge in [-0.25, -0.2) is 0 Å². The second kappa shape index (κ2) is 9.70. The van der Waals surface area contributed by atoms with Crippen LogP contribution in [0, 0.1) is 0 Å². The number of nitrogens with zero attached hydrogens (tertiary/aromatic N) is 2. The summed E-state index contributed by atoms with van der Waals surface area (Å²) in [5, 5.41) is 3.14. The number of hydrogen-bond acceptors (Lipinski definition) is 5. The van der Waals surface area contributed by atoms with Crippen LogP contribution < -0.4 is 11.1 Å². The number of rotatable bonds is 9. The molecule has 122 valence electrons. The Morgan fingerprint density at radius 2 is 2.05 bits per heavy atom. The van der Waals surface area contributed by atoms with Gasteiger partial charge in [0.25, 0.3) is 0 Å². The smallest absolute Gasteiger partial charge is 0.237 e. The van der Waals surface area contributed by atoms with Crippen LogP contribution in [-0.4, -0.2) is 80.1 Å². The van der Waals surface area contributed by atoms with E-state index in [0.29, 0.717) is 0 Å². The van der Waals surface area contributed by atoms with Crippen molar-refractivity contribution in [2.45, 2.75) is 26.3 Å². The van der Waals surface area contributed by atoms with Crippen LogP contribution in [0.3, 0.4) is 0 Å². The Morgan fingerprint density at radius 3 is 2.62 bits per heavy atom. The van der Waals surface area contributed by atoms with Crippen molar-refractivity contribution >= 4 is 11.8 Å². The monoisotopic (exact) mass is 300 g/mol. The van der Waals surface area contributed by atoms with Crippen molar-refractivity contribution in [3.05, 3.63) is 0 Å². The molecule has 0 aromatic carbocycles. The van der Waals surface area contributed by atoms with Crippen molar-refractivity contribution in [2.24, 2.45) is 5.73 Å². The average Bonchev–Trinajstić information content (AvgIpc) is 2.49. The molecule has 0 aliphatic carbocycles. The van der Waals surface area contributed by atoms with Crippen LogP contribution in [0.2, 0.25) is 0 Å². The number of nitrogens with one attached hydrogen (secondary N) is 1. The van der Waals surface area contributed by atoms with Crippen LogP contribution in [0.5, 0.6) is 0 Å². The minimum absolute atomic E-state index is 0.0149. The van der Waals surface area contributed by atoms with E-state index in [9.17, 15) is 9.59 Å². The van der Waals surface area contributed by atoms with E-state index < -0.39 is 5.91 Å². The average molecular weight is 300 g/mol. The van der Waals surface area contributed by atoms with Gasteiger partial charge in [0.2, 0.25) is 11.8 Å². The molecule has 1 unspecified atom stereocenters. The van der Waals surface area contributed by atoms with E-state index in [0.717, 1.165) is 45.8 Å². The Bertz CT molecular complexity index is 332. The second-order valence-electron chi connectivity index (χ2n) is 5.38. The van der Waals surface area contributed by atoms with E-state index in [4.69, 9.17) is 10.5 Å². The highest BCUT2D eigenvalue weighted by molar-refractivity contribution is 5.85. The third-order valence-corrected chi connectivity index (χ3v) is 3.75. The van der Waals surface area contributed by atoms with Gasteiger partial charge in [0.05, 0.1) is 26.3 Å². The first-order chi connectivity index (χ1) is 10.0. The quantitative estimate of drug-likeness (QED) is 0.534. The fourth-order valence-corrected chi connectivity index (χ4v) is 2.24. The molecule has 1 aliphatic rings. The molecule has 0 aromatic heterocycles. The molecule has 1 saturated heterocycles. The fraction of sp³-hybridized carbons (Fsp3) is 0.857. The van der Waals surface area contributed by atoms with Crippen LogP contribution >= 0.6 is 0 Å². The summed E-state index contributed by atoms with van der Waals surface area (Å²) in [5.41, 5.74) is 5.20. The van der Waals surface area contributed by atoms with Gasteiger partial charge >= 0.3 is 0 Å². The van der Waals surface area contributed by atoms with E-state index in [1.54, 1.807) is 4.90 Å². The summed E-state index contributed by atoms with van der Waals surface area (Å²) >= 11 is 0. The molecule has 0 saturated carbocycles. The van der Waals surface area contributed by atoms with E-state index in [2.05, 4.69) is 10.2 Å². The molecule has 0 aromatic rings. The van der Waals surface area contributed by atoms with Crippen LogP contribution in [0.1, 0.15) is 20.3 Å². The van der Waals surface area contributed by atoms with Gasteiger partial charge in [-0.15, -0.1) is 0 Å². The van der Waals surface area contributed by atoms with Crippen LogP contribution in [0.15, 0.2) is 0 Å². The number of carbonyl (C=O) groups is 2. The maximum absolute atomic E-state index is 12.2. The third kappa shape index (κ3) is 6.88. The van der Waals surface area contributed by atoms with Crippen LogP contribution in [-0.2, 0) is 14.3 Å². The van der Waals surface area contributed by atoms with Crippen molar-refractivity contribution in [1.29, 1.82) is 0 Å². The topological polar surface area (TPSA) is 87.9 Å². The summed E-state index contributed by atoms with van der Waals surface area (Å²) in [4.78, 5) is 27.1. The molecule has 0 radical (unpaired) electrons. The maximum Gasteiger partial charge on any atom is 0.237 e. The number of primary amides is 1. The SMILES string of the molecule is CCC(C)N(CC(N)=O)C(=O)CNCCN1CCOCC1. The van der Waals surface area contributed by atoms with Crippen LogP contribution in [0.4, 0.5) is 0 Å². The minimum Gasteiger partial charge on any atom is -0.379 e. The molecule has 7 nitrogen and oxygen atoms in total. The lowest BCUT2D eigenvalue weighted by Crippen LogP contribution is -2.48. The zero-order valence-corrected chi connectivity index (χ0v) is 13.1. The fourth-order valence-electron chi connectivity index (χ4n) is 2.24. The largest absolute Gasteiger partial charge is 0.379 e. The third-order valence-electron chi connectivity index (χ3n) is 3.75.